The summed E-state index contributed by atoms with van der Waals surface area (Å²) in [6.45, 7) is 3.15. The minimum Gasteiger partial charge on any atom is -0.342 e. The van der Waals surface area contributed by atoms with Gasteiger partial charge in [0.1, 0.15) is 0 Å². The summed E-state index contributed by atoms with van der Waals surface area (Å²) in [4.78, 5) is 14.4. The van der Waals surface area contributed by atoms with Crippen LogP contribution in [0.15, 0.2) is 103 Å². The van der Waals surface area contributed by atoms with Crippen LogP contribution in [0.25, 0.3) is 11.1 Å². The Morgan fingerprint density at radius 2 is 1.53 bits per heavy atom. The summed E-state index contributed by atoms with van der Waals surface area (Å²) in [7, 11) is 1.99. The molecule has 2 aliphatic rings. The van der Waals surface area contributed by atoms with Crippen molar-refractivity contribution in [2.75, 3.05) is 7.05 Å². The zero-order valence-corrected chi connectivity index (χ0v) is 22.4. The fraction of sp³-hybridized carbons (Fsp3) is 0.286. The van der Waals surface area contributed by atoms with Gasteiger partial charge in [-0.3, -0.25) is 4.79 Å². The maximum atomic E-state index is 12.4. The maximum absolute atomic E-state index is 12.4. The van der Waals surface area contributed by atoms with Gasteiger partial charge in [0.15, 0.2) is 0 Å². The second-order valence-electron chi connectivity index (χ2n) is 11.2. The van der Waals surface area contributed by atoms with Crippen LogP contribution in [0.3, 0.4) is 0 Å². The summed E-state index contributed by atoms with van der Waals surface area (Å²) < 4.78 is 0. The molecule has 192 valence electrons. The van der Waals surface area contributed by atoms with E-state index < -0.39 is 0 Å². The van der Waals surface area contributed by atoms with Gasteiger partial charge in [-0.05, 0) is 64.3 Å². The minimum absolute atomic E-state index is 0.0461. The Kier molecular flexibility index (Phi) is 6.63. The molecule has 38 heavy (non-hydrogen) atoms. The largest absolute Gasteiger partial charge is 0.342 e. The van der Waals surface area contributed by atoms with E-state index in [0.717, 1.165) is 25.8 Å². The number of likely N-dealkylation sites (N-methyl/N-ethyl adjacent to an activating group) is 1. The lowest BCUT2D eigenvalue weighted by molar-refractivity contribution is -0.138. The van der Waals surface area contributed by atoms with Crippen molar-refractivity contribution in [3.05, 3.63) is 131 Å². The van der Waals surface area contributed by atoms with E-state index in [9.17, 15) is 4.79 Å². The van der Waals surface area contributed by atoms with Crippen molar-refractivity contribution in [1.82, 2.24) is 10.2 Å². The number of rotatable bonds is 6. The van der Waals surface area contributed by atoms with Crippen LogP contribution in [-0.4, -0.2) is 23.9 Å². The van der Waals surface area contributed by atoms with Crippen LogP contribution in [0.2, 0.25) is 0 Å². The molecule has 1 heterocycles. The number of likely N-dealkylation sites (tertiary alicyclic amines) is 1. The highest BCUT2D eigenvalue weighted by atomic mass is 16.2. The van der Waals surface area contributed by atoms with Crippen molar-refractivity contribution in [3.63, 3.8) is 0 Å². The van der Waals surface area contributed by atoms with Gasteiger partial charge < -0.3 is 10.2 Å². The van der Waals surface area contributed by atoms with Crippen LogP contribution in [0.5, 0.6) is 0 Å². The summed E-state index contributed by atoms with van der Waals surface area (Å²) in [5.74, 6) is 0.291. The normalized spacial score (nSPS) is 20.8. The molecule has 3 heteroatoms. The lowest BCUT2D eigenvalue weighted by Gasteiger charge is -2.50. The van der Waals surface area contributed by atoms with Crippen molar-refractivity contribution in [2.24, 2.45) is 0 Å². The fourth-order valence-electron chi connectivity index (χ4n) is 6.77. The third-order valence-corrected chi connectivity index (χ3v) is 8.90. The van der Waals surface area contributed by atoms with Crippen molar-refractivity contribution < 1.29 is 4.79 Å². The first-order valence-electron chi connectivity index (χ1n) is 13.8. The van der Waals surface area contributed by atoms with Gasteiger partial charge in [0.2, 0.25) is 5.91 Å². The monoisotopic (exact) mass is 500 g/mol. The maximum Gasteiger partial charge on any atom is 0.222 e. The van der Waals surface area contributed by atoms with Crippen LogP contribution in [0.4, 0.5) is 0 Å². The average Bonchev–Trinajstić information content (AvgIpc) is 2.96. The van der Waals surface area contributed by atoms with Gasteiger partial charge in [-0.25, -0.2) is 0 Å². The number of aryl methyl sites for hydroxylation is 1. The molecule has 0 spiro atoms. The Morgan fingerprint density at radius 1 is 0.842 bits per heavy atom. The average molecular weight is 501 g/mol. The molecule has 6 rings (SSSR count). The topological polar surface area (TPSA) is 32.3 Å². The molecule has 1 fully saturated rings. The molecule has 1 N–H and O–H groups in total. The molecular weight excluding hydrogens is 464 g/mol. The molecule has 4 aromatic rings. The lowest BCUT2D eigenvalue weighted by atomic mass is 9.63. The SMILES string of the molecule is CN1C(=O)CC[C@]2(C)c3ccc(-c4cccc(CNC(c5ccccc5)c5ccccc5)c4)cc3CC[C@@H]12. The highest BCUT2D eigenvalue weighted by molar-refractivity contribution is 5.78. The molecular formula is C35H36N2O. The number of carbonyl (C=O) groups excluding carboxylic acids is 1. The number of hydrogen-bond acceptors (Lipinski definition) is 2. The zero-order valence-electron chi connectivity index (χ0n) is 22.4. The molecule has 0 bridgehead atoms. The highest BCUT2D eigenvalue weighted by Gasteiger charge is 2.46. The van der Waals surface area contributed by atoms with Gasteiger partial charge in [-0.1, -0.05) is 104 Å². The first kappa shape index (κ1) is 24.6. The van der Waals surface area contributed by atoms with Gasteiger partial charge >= 0.3 is 0 Å². The Bertz CT molecular complexity index is 1390. The Labute approximate surface area is 226 Å². The van der Waals surface area contributed by atoms with Crippen molar-refractivity contribution >= 4 is 5.91 Å². The van der Waals surface area contributed by atoms with E-state index in [-0.39, 0.29) is 11.5 Å². The zero-order chi connectivity index (χ0) is 26.1. The molecule has 1 aliphatic carbocycles. The molecule has 4 aromatic carbocycles. The van der Waals surface area contributed by atoms with E-state index in [2.05, 4.69) is 115 Å². The van der Waals surface area contributed by atoms with Crippen LogP contribution < -0.4 is 5.32 Å². The van der Waals surface area contributed by atoms with Gasteiger partial charge in [0, 0.05) is 31.5 Å². The highest BCUT2D eigenvalue weighted by Crippen LogP contribution is 2.46. The number of piperidine rings is 1. The molecule has 2 atom stereocenters. The number of hydrogen-bond donors (Lipinski definition) is 1. The van der Waals surface area contributed by atoms with Crippen molar-refractivity contribution in [2.45, 2.75) is 56.7 Å². The van der Waals surface area contributed by atoms with E-state index >= 15 is 0 Å². The Balaban J connectivity index is 1.24. The summed E-state index contributed by atoms with van der Waals surface area (Å²) >= 11 is 0. The fourth-order valence-corrected chi connectivity index (χ4v) is 6.77. The summed E-state index contributed by atoms with van der Waals surface area (Å²) in [6.07, 6.45) is 3.66. The van der Waals surface area contributed by atoms with Crippen LogP contribution in [0, 0.1) is 0 Å². The third kappa shape index (κ3) is 4.56. The van der Waals surface area contributed by atoms with Crippen molar-refractivity contribution in [3.8, 4) is 11.1 Å². The van der Waals surface area contributed by atoms with Gasteiger partial charge in [0.25, 0.3) is 0 Å². The standard InChI is InChI=1S/C35H36N2O/c1-35-21-20-33(38)37(2)32(35)19-17-30-23-29(16-18-31(30)35)28-15-9-10-25(22-28)24-36-34(26-11-5-3-6-12-26)27-13-7-4-8-14-27/h3-16,18,22-23,32,34,36H,17,19-21,24H2,1-2H3/t32-,35-/m1/s1. The molecule has 3 nitrogen and oxygen atoms in total. The summed E-state index contributed by atoms with van der Waals surface area (Å²) in [5.41, 5.74) is 9.27. The molecule has 0 aromatic heterocycles. The lowest BCUT2D eigenvalue weighted by Crippen LogP contribution is -2.56. The molecule has 0 radical (unpaired) electrons. The number of amides is 1. The predicted octanol–water partition coefficient (Wildman–Crippen LogP) is 7.06. The van der Waals surface area contributed by atoms with Crippen LogP contribution in [-0.2, 0) is 23.2 Å². The van der Waals surface area contributed by atoms with Gasteiger partial charge in [-0.2, -0.15) is 0 Å². The predicted molar refractivity (Wildman–Crippen MR) is 155 cm³/mol. The minimum atomic E-state index is 0.0461. The first-order chi connectivity index (χ1) is 18.5. The Hall–Kier alpha value is -3.69. The number of nitrogens with one attached hydrogen (secondary N) is 1. The van der Waals surface area contributed by atoms with Gasteiger partial charge in [-0.15, -0.1) is 0 Å². The summed E-state index contributed by atoms with van der Waals surface area (Å²) in [5, 5.41) is 3.81. The second-order valence-corrected chi connectivity index (χ2v) is 11.2. The van der Waals surface area contributed by atoms with E-state index in [1.54, 1.807) is 0 Å². The Morgan fingerprint density at radius 3 is 2.24 bits per heavy atom. The molecule has 1 aliphatic heterocycles. The third-order valence-electron chi connectivity index (χ3n) is 8.90. The molecule has 0 unspecified atom stereocenters. The molecule has 0 saturated carbocycles. The van der Waals surface area contributed by atoms with Crippen LogP contribution >= 0.6 is 0 Å². The van der Waals surface area contributed by atoms with Gasteiger partial charge in [0.05, 0.1) is 6.04 Å². The molecule has 1 amide bonds. The second kappa shape index (κ2) is 10.2. The summed E-state index contributed by atoms with van der Waals surface area (Å²) in [6, 6.07) is 37.7. The van der Waals surface area contributed by atoms with Crippen LogP contribution in [0.1, 0.15) is 60.0 Å². The van der Waals surface area contributed by atoms with E-state index in [0.29, 0.717) is 18.4 Å². The van der Waals surface area contributed by atoms with E-state index in [1.165, 1.54) is 38.9 Å². The van der Waals surface area contributed by atoms with E-state index in [1.807, 2.05) is 11.9 Å². The van der Waals surface area contributed by atoms with Crippen molar-refractivity contribution in [1.29, 1.82) is 0 Å². The number of carbonyl (C=O) groups is 1. The smallest absolute Gasteiger partial charge is 0.222 e. The van der Waals surface area contributed by atoms with E-state index in [4.69, 9.17) is 0 Å². The molecule has 1 saturated heterocycles. The number of fused-ring (bicyclic) bond motifs is 3. The number of nitrogens with zero attached hydrogens (tertiary/aromatic N) is 1. The number of benzene rings is 4. The quantitative estimate of drug-likeness (QED) is 0.307. The first-order valence-corrected chi connectivity index (χ1v) is 13.8.